The molecular weight excluding hydrogens is 214 g/mol. The average molecular weight is 227 g/mol. The lowest BCUT2D eigenvalue weighted by Gasteiger charge is -2.07. The smallest absolute Gasteiger partial charge is 0.159 e. The molecule has 1 heterocycles. The maximum Gasteiger partial charge on any atom is 0.159 e. The van der Waals surface area contributed by atoms with Gasteiger partial charge in [0, 0.05) is 17.3 Å². The quantitative estimate of drug-likeness (QED) is 0.770. The van der Waals surface area contributed by atoms with E-state index in [9.17, 15) is 4.79 Å². The standard InChI is InChI=1S/C13H13N3O/c1-8(17)9-3-2-4-10(7-9)13-12(15)11(14)5-6-16-13/h2-7H,15H2,1H3,(H2,14,16). The van der Waals surface area contributed by atoms with Crippen molar-refractivity contribution in [3.63, 3.8) is 0 Å². The van der Waals surface area contributed by atoms with Gasteiger partial charge >= 0.3 is 0 Å². The predicted octanol–water partition coefficient (Wildman–Crippen LogP) is 2.12. The van der Waals surface area contributed by atoms with Gasteiger partial charge in [0.15, 0.2) is 5.78 Å². The zero-order valence-corrected chi connectivity index (χ0v) is 9.47. The van der Waals surface area contributed by atoms with Gasteiger partial charge in [-0.2, -0.15) is 0 Å². The predicted molar refractivity (Wildman–Crippen MR) is 68.5 cm³/mol. The van der Waals surface area contributed by atoms with Crippen molar-refractivity contribution in [3.05, 3.63) is 42.1 Å². The number of ketones is 1. The summed E-state index contributed by atoms with van der Waals surface area (Å²) in [5.74, 6) is 0.00863. The number of benzene rings is 1. The van der Waals surface area contributed by atoms with Crippen LogP contribution in [0.3, 0.4) is 0 Å². The third-order valence-corrected chi connectivity index (χ3v) is 2.57. The average Bonchev–Trinajstić information content (AvgIpc) is 2.33. The van der Waals surface area contributed by atoms with Crippen molar-refractivity contribution in [3.8, 4) is 11.3 Å². The lowest BCUT2D eigenvalue weighted by atomic mass is 10.0. The summed E-state index contributed by atoms with van der Waals surface area (Å²) < 4.78 is 0. The number of nitrogen functional groups attached to an aromatic ring is 2. The molecule has 4 heteroatoms. The normalized spacial score (nSPS) is 10.2. The van der Waals surface area contributed by atoms with E-state index in [-0.39, 0.29) is 5.78 Å². The molecule has 0 amide bonds. The number of rotatable bonds is 2. The first kappa shape index (κ1) is 11.1. The molecule has 4 N–H and O–H groups in total. The van der Waals surface area contributed by atoms with Gasteiger partial charge in [-0.15, -0.1) is 0 Å². The van der Waals surface area contributed by atoms with Crippen molar-refractivity contribution < 1.29 is 4.79 Å². The van der Waals surface area contributed by atoms with E-state index in [0.717, 1.165) is 5.56 Å². The second-order valence-corrected chi connectivity index (χ2v) is 3.80. The molecule has 0 radical (unpaired) electrons. The Morgan fingerprint density at radius 2 is 2.00 bits per heavy atom. The zero-order valence-electron chi connectivity index (χ0n) is 9.47. The Labute approximate surface area is 99.3 Å². The van der Waals surface area contributed by atoms with E-state index >= 15 is 0 Å². The monoisotopic (exact) mass is 227 g/mol. The van der Waals surface area contributed by atoms with Crippen LogP contribution in [0.25, 0.3) is 11.3 Å². The number of hydrogen-bond donors (Lipinski definition) is 2. The van der Waals surface area contributed by atoms with E-state index in [1.165, 1.54) is 6.92 Å². The molecule has 1 aromatic carbocycles. The van der Waals surface area contributed by atoms with Crippen molar-refractivity contribution in [2.45, 2.75) is 6.92 Å². The van der Waals surface area contributed by atoms with Gasteiger partial charge in [-0.25, -0.2) is 0 Å². The van der Waals surface area contributed by atoms with Gasteiger partial charge in [-0.05, 0) is 19.1 Å². The summed E-state index contributed by atoms with van der Waals surface area (Å²) in [6.45, 7) is 1.52. The summed E-state index contributed by atoms with van der Waals surface area (Å²) in [6.07, 6.45) is 1.60. The summed E-state index contributed by atoms with van der Waals surface area (Å²) in [6, 6.07) is 8.82. The van der Waals surface area contributed by atoms with Crippen LogP contribution >= 0.6 is 0 Å². The molecular formula is C13H13N3O. The molecule has 0 bridgehead atoms. The second kappa shape index (κ2) is 4.25. The highest BCUT2D eigenvalue weighted by Gasteiger charge is 2.08. The molecule has 2 aromatic rings. The maximum absolute atomic E-state index is 11.3. The first-order valence-electron chi connectivity index (χ1n) is 5.21. The van der Waals surface area contributed by atoms with Gasteiger partial charge in [0.1, 0.15) is 0 Å². The molecule has 17 heavy (non-hydrogen) atoms. The number of pyridine rings is 1. The molecule has 0 fully saturated rings. The van der Waals surface area contributed by atoms with Crippen LogP contribution in [-0.2, 0) is 0 Å². The van der Waals surface area contributed by atoms with E-state index in [0.29, 0.717) is 22.6 Å². The Bertz CT molecular complexity index is 579. The van der Waals surface area contributed by atoms with E-state index < -0.39 is 0 Å². The highest BCUT2D eigenvalue weighted by atomic mass is 16.1. The maximum atomic E-state index is 11.3. The number of carbonyl (C=O) groups excluding carboxylic acids is 1. The van der Waals surface area contributed by atoms with E-state index in [4.69, 9.17) is 11.5 Å². The van der Waals surface area contributed by atoms with E-state index in [1.54, 1.807) is 30.5 Å². The summed E-state index contributed by atoms with van der Waals surface area (Å²) >= 11 is 0. The third-order valence-electron chi connectivity index (χ3n) is 2.57. The number of Topliss-reactive ketones (excluding diaryl/α,β-unsaturated/α-hetero) is 1. The molecule has 0 aliphatic rings. The van der Waals surface area contributed by atoms with Crippen LogP contribution in [0.1, 0.15) is 17.3 Å². The highest BCUT2D eigenvalue weighted by molar-refractivity contribution is 5.95. The minimum Gasteiger partial charge on any atom is -0.397 e. The first-order chi connectivity index (χ1) is 8.09. The molecule has 0 saturated carbocycles. The molecule has 0 aliphatic carbocycles. The number of carbonyl (C=O) groups is 1. The molecule has 2 rings (SSSR count). The van der Waals surface area contributed by atoms with E-state index in [1.807, 2.05) is 6.07 Å². The van der Waals surface area contributed by atoms with Gasteiger partial charge in [0.2, 0.25) is 0 Å². The van der Waals surface area contributed by atoms with Crippen molar-refractivity contribution >= 4 is 17.2 Å². The van der Waals surface area contributed by atoms with Crippen LogP contribution in [0.4, 0.5) is 11.4 Å². The number of anilines is 2. The number of aromatic nitrogens is 1. The van der Waals surface area contributed by atoms with Crippen LogP contribution in [0.2, 0.25) is 0 Å². The minimum atomic E-state index is 0.00863. The fraction of sp³-hybridized carbons (Fsp3) is 0.0769. The Morgan fingerprint density at radius 3 is 2.71 bits per heavy atom. The summed E-state index contributed by atoms with van der Waals surface area (Å²) in [5.41, 5.74) is 14.5. The number of hydrogen-bond acceptors (Lipinski definition) is 4. The van der Waals surface area contributed by atoms with Crippen molar-refractivity contribution in [1.82, 2.24) is 4.98 Å². The van der Waals surface area contributed by atoms with Crippen LogP contribution in [0.15, 0.2) is 36.5 Å². The topological polar surface area (TPSA) is 82.0 Å². The van der Waals surface area contributed by atoms with Crippen LogP contribution in [0.5, 0.6) is 0 Å². The first-order valence-corrected chi connectivity index (χ1v) is 5.21. The molecule has 0 spiro atoms. The lowest BCUT2D eigenvalue weighted by Crippen LogP contribution is -2.00. The Kier molecular flexibility index (Phi) is 2.78. The van der Waals surface area contributed by atoms with Crippen LogP contribution in [0, 0.1) is 0 Å². The SMILES string of the molecule is CC(=O)c1cccc(-c2nccc(N)c2N)c1. The fourth-order valence-corrected chi connectivity index (χ4v) is 1.60. The van der Waals surface area contributed by atoms with Crippen molar-refractivity contribution in [2.75, 3.05) is 11.5 Å². The third kappa shape index (κ3) is 2.10. The molecule has 0 unspecified atom stereocenters. The van der Waals surface area contributed by atoms with Gasteiger partial charge in [0.05, 0.1) is 17.1 Å². The van der Waals surface area contributed by atoms with Crippen molar-refractivity contribution in [2.24, 2.45) is 0 Å². The second-order valence-electron chi connectivity index (χ2n) is 3.80. The Morgan fingerprint density at radius 1 is 1.24 bits per heavy atom. The summed E-state index contributed by atoms with van der Waals surface area (Å²) in [7, 11) is 0. The summed E-state index contributed by atoms with van der Waals surface area (Å²) in [4.78, 5) is 15.5. The van der Waals surface area contributed by atoms with Gasteiger partial charge < -0.3 is 11.5 Å². The molecule has 0 saturated heterocycles. The largest absolute Gasteiger partial charge is 0.397 e. The molecule has 4 nitrogen and oxygen atoms in total. The van der Waals surface area contributed by atoms with Crippen LogP contribution < -0.4 is 11.5 Å². The molecule has 0 aliphatic heterocycles. The van der Waals surface area contributed by atoms with E-state index in [2.05, 4.69) is 4.98 Å². The highest BCUT2D eigenvalue weighted by Crippen LogP contribution is 2.28. The molecule has 1 aromatic heterocycles. The van der Waals surface area contributed by atoms with Gasteiger partial charge in [0.25, 0.3) is 0 Å². The van der Waals surface area contributed by atoms with Gasteiger partial charge in [-0.1, -0.05) is 18.2 Å². The number of nitrogens with zero attached hydrogens (tertiary/aromatic N) is 1. The Balaban J connectivity index is 2.57. The van der Waals surface area contributed by atoms with Crippen LogP contribution in [-0.4, -0.2) is 10.8 Å². The fourth-order valence-electron chi connectivity index (χ4n) is 1.60. The molecule has 86 valence electrons. The molecule has 0 atom stereocenters. The van der Waals surface area contributed by atoms with Crippen molar-refractivity contribution in [1.29, 1.82) is 0 Å². The minimum absolute atomic E-state index is 0.00863. The lowest BCUT2D eigenvalue weighted by molar-refractivity contribution is 0.101. The zero-order chi connectivity index (χ0) is 12.4. The Hall–Kier alpha value is -2.36. The summed E-state index contributed by atoms with van der Waals surface area (Å²) in [5, 5.41) is 0. The van der Waals surface area contributed by atoms with Gasteiger partial charge in [-0.3, -0.25) is 9.78 Å². The number of nitrogens with two attached hydrogens (primary N) is 2.